The summed E-state index contributed by atoms with van der Waals surface area (Å²) in [6, 6.07) is 12.2. The van der Waals surface area contributed by atoms with E-state index >= 15 is 0 Å². The molecule has 8 nitrogen and oxygen atoms in total. The molecule has 2 rings (SSSR count). The van der Waals surface area contributed by atoms with E-state index in [1.807, 2.05) is 45.0 Å². The Morgan fingerprint density at radius 3 is 2.39 bits per heavy atom. The maximum absolute atomic E-state index is 12.6. The number of amides is 2. The molecule has 0 aliphatic carbocycles. The van der Waals surface area contributed by atoms with Crippen molar-refractivity contribution in [1.82, 2.24) is 4.90 Å². The van der Waals surface area contributed by atoms with Crippen LogP contribution in [0.25, 0.3) is 0 Å². The lowest BCUT2D eigenvalue weighted by atomic mass is 10.1. The molecule has 0 saturated carbocycles. The lowest BCUT2D eigenvalue weighted by Crippen LogP contribution is -2.43. The highest BCUT2D eigenvalue weighted by atomic mass is 16.5. The Balaban J connectivity index is 1.97. The van der Waals surface area contributed by atoms with Crippen LogP contribution in [0.1, 0.15) is 37.5 Å². The van der Waals surface area contributed by atoms with E-state index in [-0.39, 0.29) is 31.1 Å². The number of carbonyl (C=O) groups excluding carboxylic acids is 2. The van der Waals surface area contributed by atoms with Gasteiger partial charge in [-0.1, -0.05) is 11.8 Å². The summed E-state index contributed by atoms with van der Waals surface area (Å²) in [6.07, 6.45) is 0. The zero-order chi connectivity index (χ0) is 24.4. The van der Waals surface area contributed by atoms with E-state index in [0.29, 0.717) is 17.8 Å². The number of carbonyl (C=O) groups is 2. The number of rotatable bonds is 8. The van der Waals surface area contributed by atoms with Gasteiger partial charge in [-0.2, -0.15) is 0 Å². The van der Waals surface area contributed by atoms with Crippen LogP contribution < -0.4 is 16.4 Å². The highest BCUT2D eigenvalue weighted by Gasteiger charge is 2.21. The van der Waals surface area contributed by atoms with E-state index in [9.17, 15) is 9.59 Å². The number of anilines is 2. The van der Waals surface area contributed by atoms with Gasteiger partial charge in [0.2, 0.25) is 0 Å². The van der Waals surface area contributed by atoms with E-state index in [2.05, 4.69) is 22.5 Å². The zero-order valence-electron chi connectivity index (χ0n) is 19.5. The number of esters is 1. The minimum absolute atomic E-state index is 0.0346. The van der Waals surface area contributed by atoms with Crippen LogP contribution in [0.15, 0.2) is 42.5 Å². The number of nitrogens with one attached hydrogen (secondary N) is 3. The zero-order valence-corrected chi connectivity index (χ0v) is 19.5. The molecule has 0 radical (unpaired) electrons. The van der Waals surface area contributed by atoms with Gasteiger partial charge in [0.1, 0.15) is 12.4 Å². The molecule has 8 heteroatoms. The molecule has 0 unspecified atom stereocenters. The molecular formula is C25H31N5O3. The first-order valence-electron chi connectivity index (χ1n) is 10.7. The van der Waals surface area contributed by atoms with Crippen LogP contribution >= 0.6 is 0 Å². The number of nitrogen functional groups attached to an aromatic ring is 1. The molecule has 2 amide bonds. The predicted octanol–water partition coefficient (Wildman–Crippen LogP) is 3.55. The average Bonchev–Trinajstić information content (AvgIpc) is 2.76. The van der Waals surface area contributed by atoms with Crippen LogP contribution in [0.5, 0.6) is 0 Å². The van der Waals surface area contributed by atoms with E-state index in [4.69, 9.17) is 15.9 Å². The molecular weight excluding hydrogens is 418 g/mol. The first-order valence-corrected chi connectivity index (χ1v) is 10.7. The highest BCUT2D eigenvalue weighted by Crippen LogP contribution is 2.16. The fourth-order valence-electron chi connectivity index (χ4n) is 2.96. The third kappa shape index (κ3) is 7.89. The Labute approximate surface area is 195 Å². The van der Waals surface area contributed by atoms with Gasteiger partial charge in [0, 0.05) is 28.5 Å². The molecule has 0 fully saturated rings. The molecule has 0 bridgehead atoms. The third-order valence-electron chi connectivity index (χ3n) is 4.77. The molecule has 174 valence electrons. The van der Waals surface area contributed by atoms with Crippen molar-refractivity contribution in [2.45, 2.75) is 33.7 Å². The Kier molecular flexibility index (Phi) is 9.30. The Morgan fingerprint density at radius 1 is 1.15 bits per heavy atom. The average molecular weight is 450 g/mol. The monoisotopic (exact) mass is 449 g/mol. The molecule has 2 aromatic rings. The second-order valence-electron chi connectivity index (χ2n) is 7.63. The lowest BCUT2D eigenvalue weighted by Gasteiger charge is -2.26. The van der Waals surface area contributed by atoms with Crippen molar-refractivity contribution >= 4 is 29.2 Å². The first kappa shape index (κ1) is 25.3. The van der Waals surface area contributed by atoms with Gasteiger partial charge >= 0.3 is 12.0 Å². The van der Waals surface area contributed by atoms with Crippen molar-refractivity contribution in [2.24, 2.45) is 5.73 Å². The van der Waals surface area contributed by atoms with Crippen molar-refractivity contribution < 1.29 is 14.3 Å². The number of hydrogen-bond acceptors (Lipinski definition) is 5. The minimum Gasteiger partial charge on any atom is -0.465 e. The molecule has 33 heavy (non-hydrogen) atoms. The molecule has 5 N–H and O–H groups in total. The number of hydrogen-bond donors (Lipinski definition) is 4. The van der Waals surface area contributed by atoms with Crippen LogP contribution in [0.3, 0.4) is 0 Å². The largest absolute Gasteiger partial charge is 0.465 e. The first-order chi connectivity index (χ1) is 15.7. The summed E-state index contributed by atoms with van der Waals surface area (Å²) in [5, 5.41) is 13.4. The Hall–Kier alpha value is -3.99. The number of nitrogens with two attached hydrogens (primary N) is 1. The van der Waals surface area contributed by atoms with Gasteiger partial charge in [-0.05, 0) is 75.7 Å². The third-order valence-corrected chi connectivity index (χ3v) is 4.77. The molecule has 2 aromatic carbocycles. The SMILES string of the molecule is CCOC(=O)CN(C(=O)Nc1ccc(C#CCNc2ccc(C(=N)N)cc2)c(C)c1)C(C)C. The smallest absolute Gasteiger partial charge is 0.325 e. The van der Waals surface area contributed by atoms with Gasteiger partial charge < -0.3 is 26.0 Å². The number of urea groups is 1. The molecule has 0 aliphatic rings. The molecule has 0 atom stereocenters. The fourth-order valence-corrected chi connectivity index (χ4v) is 2.96. The van der Waals surface area contributed by atoms with Gasteiger partial charge in [0.25, 0.3) is 0 Å². The maximum atomic E-state index is 12.6. The predicted molar refractivity (Wildman–Crippen MR) is 131 cm³/mol. The summed E-state index contributed by atoms with van der Waals surface area (Å²) in [5.74, 6) is 5.80. The topological polar surface area (TPSA) is 121 Å². The normalized spacial score (nSPS) is 10.1. The minimum atomic E-state index is -0.438. The second kappa shape index (κ2) is 12.2. The van der Waals surface area contributed by atoms with E-state index in [0.717, 1.165) is 16.8 Å². The fraction of sp³-hybridized carbons (Fsp3) is 0.320. The van der Waals surface area contributed by atoms with Gasteiger partial charge in [-0.15, -0.1) is 0 Å². The van der Waals surface area contributed by atoms with Crippen molar-refractivity contribution in [3.63, 3.8) is 0 Å². The van der Waals surface area contributed by atoms with Crippen LogP contribution in [-0.2, 0) is 9.53 Å². The standard InChI is InChI=1S/C25H31N5O3/c1-5-33-23(31)16-30(17(2)3)25(32)29-22-13-8-19(18(4)15-22)7-6-14-28-21-11-9-20(10-12-21)24(26)27/h8-13,15,17,28H,5,14,16H2,1-4H3,(H3,26,27)(H,29,32). The van der Waals surface area contributed by atoms with Crippen LogP contribution in [-0.4, -0.2) is 48.5 Å². The molecule has 0 spiro atoms. The van der Waals surface area contributed by atoms with Gasteiger partial charge in [-0.25, -0.2) is 4.79 Å². The van der Waals surface area contributed by atoms with Crippen LogP contribution in [0.2, 0.25) is 0 Å². The summed E-state index contributed by atoms with van der Waals surface area (Å²) in [5.41, 5.74) is 9.42. The summed E-state index contributed by atoms with van der Waals surface area (Å²) in [6.45, 7) is 7.96. The van der Waals surface area contributed by atoms with E-state index in [1.165, 1.54) is 4.90 Å². The summed E-state index contributed by atoms with van der Waals surface area (Å²) in [7, 11) is 0. The van der Waals surface area contributed by atoms with Crippen molar-refractivity contribution in [3.8, 4) is 11.8 Å². The highest BCUT2D eigenvalue weighted by molar-refractivity contribution is 5.95. The lowest BCUT2D eigenvalue weighted by molar-refractivity contribution is -0.144. The summed E-state index contributed by atoms with van der Waals surface area (Å²) >= 11 is 0. The van der Waals surface area contributed by atoms with Gasteiger partial charge in [0.15, 0.2) is 0 Å². The van der Waals surface area contributed by atoms with Gasteiger partial charge in [-0.3, -0.25) is 10.2 Å². The second-order valence-corrected chi connectivity index (χ2v) is 7.63. The Morgan fingerprint density at radius 2 is 1.82 bits per heavy atom. The van der Waals surface area contributed by atoms with Crippen LogP contribution in [0, 0.1) is 24.2 Å². The molecule has 0 aliphatic heterocycles. The van der Waals surface area contributed by atoms with Crippen molar-refractivity contribution in [3.05, 3.63) is 59.2 Å². The summed E-state index contributed by atoms with van der Waals surface area (Å²) < 4.78 is 4.95. The number of benzene rings is 2. The summed E-state index contributed by atoms with van der Waals surface area (Å²) in [4.78, 5) is 25.9. The molecule has 0 saturated heterocycles. The number of ether oxygens (including phenoxy) is 1. The number of nitrogens with zero attached hydrogens (tertiary/aromatic N) is 1. The van der Waals surface area contributed by atoms with E-state index in [1.54, 1.807) is 25.1 Å². The van der Waals surface area contributed by atoms with Crippen LogP contribution in [0.4, 0.5) is 16.2 Å². The quantitative estimate of drug-likeness (QED) is 0.213. The molecule has 0 heterocycles. The number of aryl methyl sites for hydroxylation is 1. The van der Waals surface area contributed by atoms with Crippen molar-refractivity contribution in [1.29, 1.82) is 5.41 Å². The van der Waals surface area contributed by atoms with E-state index < -0.39 is 5.97 Å². The van der Waals surface area contributed by atoms with Crippen molar-refractivity contribution in [2.75, 3.05) is 30.3 Å². The molecule has 0 aromatic heterocycles. The number of amidine groups is 1. The maximum Gasteiger partial charge on any atom is 0.325 e. The van der Waals surface area contributed by atoms with Gasteiger partial charge in [0.05, 0.1) is 13.2 Å². The Bertz CT molecular complexity index is 1050.